The van der Waals surface area contributed by atoms with Gasteiger partial charge in [-0.15, -0.1) is 0 Å². The maximum Gasteiger partial charge on any atom is 0.331 e. The van der Waals surface area contributed by atoms with Crippen LogP contribution < -0.4 is 4.90 Å². The van der Waals surface area contributed by atoms with Crippen LogP contribution in [0.25, 0.3) is 17.0 Å². The number of fused-ring (bicyclic) bond motifs is 1. The van der Waals surface area contributed by atoms with Crippen molar-refractivity contribution < 1.29 is 14.3 Å². The molecule has 3 rings (SSSR count). The number of carbonyl (C=O) groups excluding carboxylic acids is 2. The Balaban J connectivity index is 1.64. The molecular formula is C23H21N3O3. The Bertz CT molecular complexity index is 1080. The third-order valence-corrected chi connectivity index (χ3v) is 4.54. The van der Waals surface area contributed by atoms with Crippen molar-refractivity contribution in [3.8, 4) is 6.07 Å². The molecule has 146 valence electrons. The standard InChI is InChI=1S/C23H21N3O3/c1-25(19-8-3-2-4-9-19)22(27)17-29-23(28)13-12-18-16-26(15-7-14-24)21-11-6-5-10-20(18)21/h2-6,8-13,16H,7,15,17H2,1H3/b13-12+. The van der Waals surface area contributed by atoms with Crippen LogP contribution in [0.5, 0.6) is 0 Å². The summed E-state index contributed by atoms with van der Waals surface area (Å²) in [6, 6.07) is 19.1. The fourth-order valence-corrected chi connectivity index (χ4v) is 2.99. The third kappa shape index (κ3) is 4.90. The number of carbonyl (C=O) groups is 2. The molecule has 29 heavy (non-hydrogen) atoms. The zero-order valence-electron chi connectivity index (χ0n) is 16.1. The molecule has 0 radical (unpaired) electrons. The van der Waals surface area contributed by atoms with Gasteiger partial charge in [-0.3, -0.25) is 4.79 Å². The lowest BCUT2D eigenvalue weighted by Crippen LogP contribution is -2.30. The number of aromatic nitrogens is 1. The third-order valence-electron chi connectivity index (χ3n) is 4.54. The van der Waals surface area contributed by atoms with Gasteiger partial charge in [-0.05, 0) is 24.3 Å². The van der Waals surface area contributed by atoms with E-state index in [0.717, 1.165) is 22.2 Å². The van der Waals surface area contributed by atoms with Crippen LogP contribution >= 0.6 is 0 Å². The molecule has 0 aliphatic rings. The quantitative estimate of drug-likeness (QED) is 0.457. The lowest BCUT2D eigenvalue weighted by molar-refractivity contribution is -0.142. The Labute approximate surface area is 169 Å². The molecule has 6 nitrogen and oxygen atoms in total. The summed E-state index contributed by atoms with van der Waals surface area (Å²) < 4.78 is 7.07. The van der Waals surface area contributed by atoms with E-state index in [-0.39, 0.29) is 12.5 Å². The second-order valence-corrected chi connectivity index (χ2v) is 6.43. The summed E-state index contributed by atoms with van der Waals surface area (Å²) in [6.45, 7) is 0.244. The predicted molar refractivity (Wildman–Crippen MR) is 112 cm³/mol. The van der Waals surface area contributed by atoms with Gasteiger partial charge >= 0.3 is 5.97 Å². The Morgan fingerprint density at radius 2 is 1.86 bits per heavy atom. The molecular weight excluding hydrogens is 366 g/mol. The minimum atomic E-state index is -0.589. The molecule has 0 aliphatic carbocycles. The molecule has 0 atom stereocenters. The monoisotopic (exact) mass is 387 g/mol. The van der Waals surface area contributed by atoms with Gasteiger partial charge in [0.05, 0.1) is 12.5 Å². The molecule has 6 heteroatoms. The Morgan fingerprint density at radius 3 is 2.62 bits per heavy atom. The topological polar surface area (TPSA) is 75.3 Å². The normalized spacial score (nSPS) is 10.8. The summed E-state index contributed by atoms with van der Waals surface area (Å²) in [6.07, 6.45) is 5.28. The number of amides is 1. The zero-order valence-corrected chi connectivity index (χ0v) is 16.1. The number of hydrogen-bond acceptors (Lipinski definition) is 4. The highest BCUT2D eigenvalue weighted by Crippen LogP contribution is 2.23. The number of hydrogen-bond donors (Lipinski definition) is 0. The minimum Gasteiger partial charge on any atom is -0.452 e. The van der Waals surface area contributed by atoms with E-state index in [1.54, 1.807) is 13.1 Å². The molecule has 0 saturated heterocycles. The SMILES string of the molecule is CN(C(=O)COC(=O)/C=C/c1cn(CCC#N)c2ccccc12)c1ccccc1. The number of aryl methyl sites for hydroxylation is 1. The number of ether oxygens (including phenoxy) is 1. The van der Waals surface area contributed by atoms with Crippen LogP contribution in [0, 0.1) is 11.3 Å². The highest BCUT2D eigenvalue weighted by molar-refractivity contribution is 5.97. The molecule has 1 aromatic heterocycles. The van der Waals surface area contributed by atoms with Crippen molar-refractivity contribution in [2.75, 3.05) is 18.6 Å². The molecule has 0 aliphatic heterocycles. The van der Waals surface area contributed by atoms with Crippen LogP contribution in [0.2, 0.25) is 0 Å². The highest BCUT2D eigenvalue weighted by Gasteiger charge is 2.12. The van der Waals surface area contributed by atoms with Crippen molar-refractivity contribution in [3.63, 3.8) is 0 Å². The molecule has 0 bridgehead atoms. The van der Waals surface area contributed by atoms with Gasteiger partial charge in [-0.2, -0.15) is 5.26 Å². The molecule has 1 amide bonds. The van der Waals surface area contributed by atoms with Gasteiger partial charge in [-0.25, -0.2) is 4.79 Å². The van der Waals surface area contributed by atoms with E-state index in [9.17, 15) is 9.59 Å². The van der Waals surface area contributed by atoms with Crippen LogP contribution in [0.3, 0.4) is 0 Å². The van der Waals surface area contributed by atoms with Crippen molar-refractivity contribution >= 4 is 34.5 Å². The molecule has 0 fully saturated rings. The van der Waals surface area contributed by atoms with Gasteiger partial charge in [0.1, 0.15) is 0 Å². The second kappa shape index (κ2) is 9.38. The highest BCUT2D eigenvalue weighted by atomic mass is 16.5. The largest absolute Gasteiger partial charge is 0.452 e. The summed E-state index contributed by atoms with van der Waals surface area (Å²) in [4.78, 5) is 25.7. The number of rotatable bonds is 7. The Kier molecular flexibility index (Phi) is 6.43. The number of likely N-dealkylation sites (N-methyl/N-ethyl adjacent to an activating group) is 1. The zero-order chi connectivity index (χ0) is 20.6. The van der Waals surface area contributed by atoms with E-state index in [1.165, 1.54) is 11.0 Å². The molecule has 1 heterocycles. The molecule has 0 spiro atoms. The molecule has 2 aromatic carbocycles. The summed E-state index contributed by atoms with van der Waals surface area (Å²) >= 11 is 0. The van der Waals surface area contributed by atoms with Gasteiger partial charge < -0.3 is 14.2 Å². The maximum atomic E-state index is 12.2. The Morgan fingerprint density at radius 1 is 1.14 bits per heavy atom. The van der Waals surface area contributed by atoms with E-state index in [1.807, 2.05) is 65.4 Å². The maximum absolute atomic E-state index is 12.2. The van der Waals surface area contributed by atoms with Crippen LogP contribution in [-0.4, -0.2) is 30.1 Å². The van der Waals surface area contributed by atoms with E-state index in [0.29, 0.717) is 13.0 Å². The van der Waals surface area contributed by atoms with E-state index in [2.05, 4.69) is 6.07 Å². The van der Waals surface area contributed by atoms with Crippen molar-refractivity contribution in [1.29, 1.82) is 5.26 Å². The van der Waals surface area contributed by atoms with Gasteiger partial charge in [-0.1, -0.05) is 36.4 Å². The average Bonchev–Trinajstić information content (AvgIpc) is 3.12. The van der Waals surface area contributed by atoms with Gasteiger partial charge in [0, 0.05) is 48.0 Å². The summed E-state index contributed by atoms with van der Waals surface area (Å²) in [5.74, 6) is -0.903. The first-order valence-corrected chi connectivity index (χ1v) is 9.21. The first-order chi connectivity index (χ1) is 14.1. The average molecular weight is 387 g/mol. The number of esters is 1. The first kappa shape index (κ1) is 19.9. The molecule has 0 unspecified atom stereocenters. The van der Waals surface area contributed by atoms with Gasteiger partial charge in [0.25, 0.3) is 5.91 Å². The van der Waals surface area contributed by atoms with Gasteiger partial charge in [0.15, 0.2) is 6.61 Å². The molecule has 3 aromatic rings. The van der Waals surface area contributed by atoms with Crippen molar-refractivity contribution in [3.05, 3.63) is 72.4 Å². The Hall–Kier alpha value is -3.85. The van der Waals surface area contributed by atoms with Crippen LogP contribution in [0.15, 0.2) is 66.9 Å². The van der Waals surface area contributed by atoms with Crippen LogP contribution in [0.4, 0.5) is 5.69 Å². The van der Waals surface area contributed by atoms with Crippen molar-refractivity contribution in [2.24, 2.45) is 0 Å². The lowest BCUT2D eigenvalue weighted by Gasteiger charge is -2.16. The van der Waals surface area contributed by atoms with Crippen LogP contribution in [0.1, 0.15) is 12.0 Å². The lowest BCUT2D eigenvalue weighted by atomic mass is 10.1. The van der Waals surface area contributed by atoms with E-state index in [4.69, 9.17) is 10.00 Å². The number of nitrogens with zero attached hydrogens (tertiary/aromatic N) is 3. The smallest absolute Gasteiger partial charge is 0.331 e. The fraction of sp³-hybridized carbons (Fsp3) is 0.174. The second-order valence-electron chi connectivity index (χ2n) is 6.43. The van der Waals surface area contributed by atoms with Crippen molar-refractivity contribution in [1.82, 2.24) is 4.57 Å². The van der Waals surface area contributed by atoms with E-state index < -0.39 is 5.97 Å². The predicted octanol–water partition coefficient (Wildman–Crippen LogP) is 3.77. The summed E-state index contributed by atoms with van der Waals surface area (Å²) in [7, 11) is 1.64. The minimum absolute atomic E-state index is 0.314. The van der Waals surface area contributed by atoms with Crippen molar-refractivity contribution in [2.45, 2.75) is 13.0 Å². The first-order valence-electron chi connectivity index (χ1n) is 9.21. The summed E-state index contributed by atoms with van der Waals surface area (Å²) in [5, 5.41) is 9.81. The van der Waals surface area contributed by atoms with Crippen LogP contribution in [-0.2, 0) is 20.9 Å². The van der Waals surface area contributed by atoms with Gasteiger partial charge in [0.2, 0.25) is 0 Å². The van der Waals surface area contributed by atoms with E-state index >= 15 is 0 Å². The molecule has 0 N–H and O–H groups in total. The molecule has 0 saturated carbocycles. The number of nitriles is 1. The number of para-hydroxylation sites is 2. The number of benzene rings is 2. The fourth-order valence-electron chi connectivity index (χ4n) is 2.99. The number of anilines is 1. The summed E-state index contributed by atoms with van der Waals surface area (Å²) in [5.41, 5.74) is 2.58.